The van der Waals surface area contributed by atoms with Gasteiger partial charge in [-0.2, -0.15) is 31.4 Å². The number of nitrogens with zero attached hydrogens (tertiary/aromatic N) is 6. The Morgan fingerprint density at radius 1 is 0.815 bits per heavy atom. The SMILES string of the molecule is COC(=O)NC(C(=O)NC(Cc1ccc(C#Cc2ccc(N3CC4CCC(C3)N4C3COC3)nc2)cc1)C(O)CN(Cc1c(F)cc(-c2cc3n(n2)CCOC3)cc1F)NC(=O)C(NC(=O)O)C(C)(C)C(F)(F)F)C(C)(C)C(F)(F)F. The molecular weight excluding hydrogens is 1080 g/mol. The first kappa shape index (κ1) is 60.0. The van der Waals surface area contributed by atoms with E-state index in [9.17, 15) is 55.7 Å². The summed E-state index contributed by atoms with van der Waals surface area (Å²) in [6, 6.07) is 7.75. The molecule has 2 aromatic carbocycles. The molecule has 19 nitrogen and oxygen atoms in total. The maximum Gasteiger partial charge on any atom is 0.407 e. The maximum absolute atomic E-state index is 16.2. The Labute approximate surface area is 460 Å². The first-order valence-electron chi connectivity index (χ1n) is 25.9. The lowest BCUT2D eigenvalue weighted by Crippen LogP contribution is -2.63. The number of alkyl halides is 6. The molecule has 4 aliphatic rings. The molecule has 6 heterocycles. The topological polar surface area (TPSA) is 225 Å². The fraction of sp³-hybridized carbons (Fsp3) is 0.519. The van der Waals surface area contributed by atoms with Crippen LogP contribution in [0.4, 0.5) is 50.5 Å². The number of carbonyl (C=O) groups excluding carboxylic acids is 3. The van der Waals surface area contributed by atoms with Crippen molar-refractivity contribution in [1.29, 1.82) is 0 Å². The van der Waals surface area contributed by atoms with Crippen molar-refractivity contribution in [2.45, 2.75) is 121 Å². The van der Waals surface area contributed by atoms with Crippen LogP contribution >= 0.6 is 0 Å². The van der Waals surface area contributed by atoms with Crippen molar-refractivity contribution >= 4 is 29.8 Å². The highest BCUT2D eigenvalue weighted by atomic mass is 19.4. The molecule has 0 aliphatic carbocycles. The molecule has 3 fully saturated rings. The molecule has 4 aromatic rings. The fourth-order valence-corrected chi connectivity index (χ4v) is 10.3. The highest BCUT2D eigenvalue weighted by molar-refractivity contribution is 5.87. The van der Waals surface area contributed by atoms with Crippen LogP contribution in [-0.4, -0.2) is 160 Å². The lowest BCUT2D eigenvalue weighted by molar-refractivity contribution is -0.221. The molecule has 438 valence electrons. The number of benzene rings is 2. The van der Waals surface area contributed by atoms with Crippen molar-refractivity contribution in [2.24, 2.45) is 10.8 Å². The third-order valence-electron chi connectivity index (χ3n) is 15.4. The van der Waals surface area contributed by atoms with E-state index in [4.69, 9.17) is 9.47 Å². The number of hydrazine groups is 1. The summed E-state index contributed by atoms with van der Waals surface area (Å²) in [7, 11) is 0.838. The monoisotopic (exact) mass is 1150 g/mol. The third kappa shape index (κ3) is 13.6. The number of anilines is 1. The van der Waals surface area contributed by atoms with Crippen LogP contribution in [0.2, 0.25) is 0 Å². The third-order valence-corrected chi connectivity index (χ3v) is 15.4. The zero-order chi connectivity index (χ0) is 58.8. The number of fused-ring (bicyclic) bond motifs is 3. The van der Waals surface area contributed by atoms with Gasteiger partial charge < -0.3 is 45.3 Å². The van der Waals surface area contributed by atoms with E-state index < -0.39 is 108 Å². The van der Waals surface area contributed by atoms with Gasteiger partial charge in [-0.3, -0.25) is 24.6 Å². The number of halogens is 8. The van der Waals surface area contributed by atoms with Crippen molar-refractivity contribution in [3.8, 4) is 23.1 Å². The smallest absolute Gasteiger partial charge is 0.407 e. The van der Waals surface area contributed by atoms with Crippen molar-refractivity contribution in [3.05, 3.63) is 100 Å². The van der Waals surface area contributed by atoms with Crippen LogP contribution in [-0.2, 0) is 49.9 Å². The summed E-state index contributed by atoms with van der Waals surface area (Å²) in [5.74, 6) is 1.16. The number of rotatable bonds is 18. The van der Waals surface area contributed by atoms with Gasteiger partial charge in [-0.05, 0) is 95.0 Å². The second-order valence-corrected chi connectivity index (χ2v) is 21.6. The molecule has 6 N–H and O–H groups in total. The number of carboxylic acid groups (broad SMARTS) is 1. The Hall–Kier alpha value is -7.12. The van der Waals surface area contributed by atoms with Crippen LogP contribution in [0.25, 0.3) is 11.3 Å². The molecule has 27 heteroatoms. The number of piperazine rings is 1. The van der Waals surface area contributed by atoms with Gasteiger partial charge in [0.05, 0.1) is 80.5 Å². The predicted molar refractivity (Wildman–Crippen MR) is 274 cm³/mol. The Balaban J connectivity index is 1.07. The van der Waals surface area contributed by atoms with Crippen LogP contribution in [0.15, 0.2) is 60.8 Å². The van der Waals surface area contributed by atoms with Gasteiger partial charge in [-0.15, -0.1) is 0 Å². The largest absolute Gasteiger partial charge is 0.465 e. The van der Waals surface area contributed by atoms with Crippen molar-refractivity contribution in [2.75, 3.05) is 51.5 Å². The Bertz CT molecular complexity index is 2940. The molecular formula is C54H62F8N10O9. The summed E-state index contributed by atoms with van der Waals surface area (Å²) < 4.78 is 136. The summed E-state index contributed by atoms with van der Waals surface area (Å²) in [6.07, 6.45) is -12.6. The molecule has 0 spiro atoms. The van der Waals surface area contributed by atoms with Gasteiger partial charge >= 0.3 is 24.5 Å². The molecule has 3 saturated heterocycles. The number of ether oxygens (including phenoxy) is 3. The lowest BCUT2D eigenvalue weighted by Gasteiger charge is -2.47. The number of amides is 4. The van der Waals surface area contributed by atoms with Crippen LogP contribution in [0, 0.1) is 34.3 Å². The van der Waals surface area contributed by atoms with Gasteiger partial charge in [0, 0.05) is 66.7 Å². The Morgan fingerprint density at radius 2 is 1.42 bits per heavy atom. The van der Waals surface area contributed by atoms with Crippen LogP contribution in [0.5, 0.6) is 0 Å². The van der Waals surface area contributed by atoms with Crippen molar-refractivity contribution in [1.82, 2.24) is 46.0 Å². The lowest BCUT2D eigenvalue weighted by atomic mass is 9.82. The van der Waals surface area contributed by atoms with Gasteiger partial charge in [0.25, 0.3) is 5.91 Å². The van der Waals surface area contributed by atoms with E-state index in [1.165, 1.54) is 17.4 Å². The van der Waals surface area contributed by atoms with Gasteiger partial charge in [-0.25, -0.2) is 28.4 Å². The summed E-state index contributed by atoms with van der Waals surface area (Å²) in [6.45, 7) is 4.18. The van der Waals surface area contributed by atoms with Crippen LogP contribution < -0.4 is 26.3 Å². The first-order valence-corrected chi connectivity index (χ1v) is 25.9. The number of aromatic nitrogens is 3. The molecule has 2 aromatic heterocycles. The average molecular weight is 1150 g/mol. The zero-order valence-electron chi connectivity index (χ0n) is 44.8. The Kier molecular flexibility index (Phi) is 17.9. The summed E-state index contributed by atoms with van der Waals surface area (Å²) in [5.41, 5.74) is -2.85. The number of nitrogens with one attached hydrogen (secondary N) is 4. The second-order valence-electron chi connectivity index (χ2n) is 21.6. The van der Waals surface area contributed by atoms with Gasteiger partial charge in [0.15, 0.2) is 0 Å². The fourth-order valence-electron chi connectivity index (χ4n) is 10.3. The highest BCUT2D eigenvalue weighted by Gasteiger charge is 2.57. The average Bonchev–Trinajstić information content (AvgIpc) is 4.10. The number of alkyl carbamates (subject to hydrolysis) is 1. The number of aliphatic hydroxyl groups excluding tert-OH is 1. The molecule has 4 aliphatic heterocycles. The number of pyridine rings is 1. The van der Waals surface area contributed by atoms with E-state index in [0.29, 0.717) is 86.4 Å². The number of methoxy groups -OCH3 is 1. The molecule has 2 bridgehead atoms. The standard InChI is InChI=1S/C54H62F8N10O9/c1-51(2,53(57,58)59)45(66-50(78)79-5)47(74)64-42(18-31-9-6-30(7-10-31)8-11-32-12-15-44(63-22-32)69-23-34-13-14-35(24-69)72(34)37-28-81-29-37)43(73)26-70(68-48(75)46(65-49(76)77)52(3,4)54(60,61)62)25-38-39(55)19-33(20-40(38)56)41-21-36-27-80-17-16-71(36)67-41/h6-7,9-10,12,15,19-22,34-35,37,42-43,45-46,65,73H,13-14,16-18,23-29H2,1-5H3,(H,64,74)(H,66,78)(H,68,75)(H,76,77). The van der Waals surface area contributed by atoms with Crippen molar-refractivity contribution in [3.63, 3.8) is 0 Å². The highest BCUT2D eigenvalue weighted by Crippen LogP contribution is 2.42. The molecule has 4 amide bonds. The van der Waals surface area contributed by atoms with E-state index in [-0.39, 0.29) is 17.9 Å². The van der Waals surface area contributed by atoms with Crippen LogP contribution in [0.3, 0.4) is 0 Å². The minimum Gasteiger partial charge on any atom is -0.465 e. The Morgan fingerprint density at radius 3 is 1.96 bits per heavy atom. The van der Waals surface area contributed by atoms with E-state index in [2.05, 4.69) is 41.8 Å². The number of hydrogen-bond donors (Lipinski definition) is 6. The van der Waals surface area contributed by atoms with E-state index >= 15 is 8.78 Å². The second kappa shape index (κ2) is 24.1. The molecule has 81 heavy (non-hydrogen) atoms. The minimum absolute atomic E-state index is 0.0433. The normalized spacial score (nSPS) is 19.3. The van der Waals surface area contributed by atoms with E-state index in [1.807, 2.05) is 22.9 Å². The minimum atomic E-state index is -5.24. The van der Waals surface area contributed by atoms with E-state index in [0.717, 1.165) is 64.2 Å². The number of hydrogen-bond acceptors (Lipinski definition) is 13. The summed E-state index contributed by atoms with van der Waals surface area (Å²) in [5, 5.41) is 32.3. The summed E-state index contributed by atoms with van der Waals surface area (Å²) in [4.78, 5) is 61.9. The number of aliphatic hydroxyl groups is 1. The van der Waals surface area contributed by atoms with Crippen LogP contribution in [0.1, 0.15) is 68.5 Å². The number of carbonyl (C=O) groups is 4. The quantitative estimate of drug-likeness (QED) is 0.0402. The molecule has 0 saturated carbocycles. The molecule has 6 unspecified atom stereocenters. The molecule has 6 atom stereocenters. The predicted octanol–water partition coefficient (Wildman–Crippen LogP) is 5.66. The first-order chi connectivity index (χ1) is 38.1. The van der Waals surface area contributed by atoms with Gasteiger partial charge in [0.2, 0.25) is 5.91 Å². The maximum atomic E-state index is 16.2. The van der Waals surface area contributed by atoms with Gasteiger partial charge in [-0.1, -0.05) is 24.0 Å². The summed E-state index contributed by atoms with van der Waals surface area (Å²) >= 11 is 0. The zero-order valence-corrected chi connectivity index (χ0v) is 44.8. The molecule has 8 rings (SSSR count). The van der Waals surface area contributed by atoms with Crippen molar-refractivity contribution < 1.29 is 78.7 Å². The molecule has 0 radical (unpaired) electrons. The van der Waals surface area contributed by atoms with Gasteiger partial charge in [0.1, 0.15) is 29.5 Å². The van der Waals surface area contributed by atoms with E-state index in [1.54, 1.807) is 29.1 Å².